The van der Waals surface area contributed by atoms with Crippen LogP contribution in [0.5, 0.6) is 11.5 Å². The van der Waals surface area contributed by atoms with E-state index in [4.69, 9.17) is 9.05 Å². The summed E-state index contributed by atoms with van der Waals surface area (Å²) in [7, 11) is -4.42. The Bertz CT molecular complexity index is 1160. The van der Waals surface area contributed by atoms with Crippen molar-refractivity contribution in [3.05, 3.63) is 57.6 Å². The van der Waals surface area contributed by atoms with E-state index in [9.17, 15) is 9.46 Å². The molecule has 0 saturated heterocycles. The summed E-state index contributed by atoms with van der Waals surface area (Å²) in [6, 6.07) is 7.47. The van der Waals surface area contributed by atoms with Gasteiger partial charge in [-0.25, -0.2) is 4.57 Å². The van der Waals surface area contributed by atoms with Gasteiger partial charge < -0.3 is 9.05 Å². The van der Waals surface area contributed by atoms with Crippen molar-refractivity contribution in [3.63, 3.8) is 0 Å². The average Bonchev–Trinajstić information content (AvgIpc) is 2.58. The number of fused-ring (bicyclic) bond motifs is 2. The van der Waals surface area contributed by atoms with Gasteiger partial charge in [-0.15, -0.1) is 0 Å². The molecule has 6 heteroatoms. The molecule has 0 spiro atoms. The third kappa shape index (κ3) is 6.21. The molecule has 3 rings (SSSR count). The summed E-state index contributed by atoms with van der Waals surface area (Å²) in [5.41, 5.74) is 5.65. The molecule has 0 aliphatic carbocycles. The van der Waals surface area contributed by atoms with Gasteiger partial charge in [0.1, 0.15) is 11.5 Å². The van der Waals surface area contributed by atoms with Crippen LogP contribution in [0.1, 0.15) is 116 Å². The number of hydrogen-bond acceptors (Lipinski definition) is 3. The van der Waals surface area contributed by atoms with E-state index < -0.39 is 7.82 Å². The zero-order valence-corrected chi connectivity index (χ0v) is 27.0. The van der Waals surface area contributed by atoms with Crippen molar-refractivity contribution >= 4 is 37.4 Å². The third-order valence-corrected chi connectivity index (χ3v) is 7.15. The quantitative estimate of drug-likeness (QED) is 0.289. The number of hydrogen-bond donors (Lipinski definition) is 1. The van der Waals surface area contributed by atoms with Crippen LogP contribution in [0.25, 0.3) is 0 Å². The van der Waals surface area contributed by atoms with Crippen LogP contribution >= 0.6 is 7.82 Å². The van der Waals surface area contributed by atoms with Crippen molar-refractivity contribution < 1.29 is 18.5 Å². The Morgan fingerprint density at radius 1 is 0.686 bits per heavy atom. The van der Waals surface area contributed by atoms with Gasteiger partial charge >= 0.3 is 7.82 Å². The number of phosphoric acid groups is 1. The van der Waals surface area contributed by atoms with Crippen molar-refractivity contribution in [2.24, 2.45) is 0 Å². The Morgan fingerprint density at radius 2 is 1.11 bits per heavy atom. The first-order chi connectivity index (χ1) is 15.1. The summed E-state index contributed by atoms with van der Waals surface area (Å²) in [5.74, 6) is 0.907. The Labute approximate surface area is 235 Å². The first-order valence-corrected chi connectivity index (χ1v) is 13.7. The molecule has 0 fully saturated rings. The molecule has 0 saturated carbocycles. The normalized spacial score (nSPS) is 18.8. The third-order valence-electron chi connectivity index (χ3n) is 6.31. The molecule has 1 aliphatic heterocycles. The minimum Gasteiger partial charge on any atom is -0.395 e. The summed E-state index contributed by atoms with van der Waals surface area (Å²) < 4.78 is 25.0. The molecule has 2 aromatic carbocycles. The molecule has 1 atom stereocenters. The largest absolute Gasteiger partial charge is 0.584 e. The van der Waals surface area contributed by atoms with Crippen LogP contribution in [-0.2, 0) is 32.6 Å². The van der Waals surface area contributed by atoms with Gasteiger partial charge in [0.05, 0.1) is 0 Å². The topological polar surface area (TPSA) is 55.8 Å². The van der Waals surface area contributed by atoms with E-state index >= 15 is 0 Å². The molecule has 1 heterocycles. The summed E-state index contributed by atoms with van der Waals surface area (Å²) in [5, 5.41) is 0. The van der Waals surface area contributed by atoms with Gasteiger partial charge in [0.25, 0.3) is 0 Å². The molecule has 0 bridgehead atoms. The number of para-hydroxylation sites is 1. The van der Waals surface area contributed by atoms with E-state index in [1.807, 2.05) is 18.2 Å². The van der Waals surface area contributed by atoms with Crippen molar-refractivity contribution in [1.29, 1.82) is 0 Å². The van der Waals surface area contributed by atoms with Crippen LogP contribution < -0.4 is 9.05 Å². The van der Waals surface area contributed by atoms with Crippen molar-refractivity contribution in [2.45, 2.75) is 111 Å². The molecule has 4 nitrogen and oxygen atoms in total. The van der Waals surface area contributed by atoms with E-state index in [0.29, 0.717) is 17.9 Å². The second-order valence-corrected chi connectivity index (χ2v) is 15.0. The Morgan fingerprint density at radius 3 is 1.57 bits per heavy atom. The van der Waals surface area contributed by atoms with Crippen molar-refractivity contribution in [2.75, 3.05) is 0 Å². The molecule has 0 amide bonds. The second-order valence-electron chi connectivity index (χ2n) is 13.7. The molecule has 35 heavy (non-hydrogen) atoms. The first kappa shape index (κ1) is 30.5. The van der Waals surface area contributed by atoms with Gasteiger partial charge in [0.15, 0.2) is 0 Å². The van der Waals surface area contributed by atoms with Crippen LogP contribution in [0, 0.1) is 0 Å². The van der Waals surface area contributed by atoms with Crippen molar-refractivity contribution in [3.8, 4) is 11.5 Å². The summed E-state index contributed by atoms with van der Waals surface area (Å²) in [4.78, 5) is 10.9. The van der Waals surface area contributed by atoms with Crippen LogP contribution in [0.3, 0.4) is 0 Å². The Kier molecular flexibility index (Phi) is 8.28. The van der Waals surface area contributed by atoms with E-state index in [0.717, 1.165) is 16.7 Å². The van der Waals surface area contributed by atoms with E-state index in [1.165, 1.54) is 16.7 Å². The van der Waals surface area contributed by atoms with Gasteiger partial charge in [-0.05, 0) is 50.0 Å². The van der Waals surface area contributed by atoms with Gasteiger partial charge in [0, 0.05) is 47.1 Å². The fourth-order valence-corrected chi connectivity index (χ4v) is 6.18. The summed E-state index contributed by atoms with van der Waals surface area (Å²) in [6.45, 7) is 26.6. The zero-order chi connectivity index (χ0) is 26.1. The van der Waals surface area contributed by atoms with E-state index in [2.05, 4.69) is 83.1 Å². The minimum absolute atomic E-state index is 0. The van der Waals surface area contributed by atoms with Crippen LogP contribution in [0.15, 0.2) is 24.3 Å². The zero-order valence-electron chi connectivity index (χ0n) is 24.1. The molecular formula is C29H43NaO4P. The van der Waals surface area contributed by atoms with Crippen LogP contribution in [0.4, 0.5) is 0 Å². The SMILES string of the molecule is CC(C)(C)c1c2c(c(C(C)(C)C)c(C(C)(C)C)c1C(C)(C)C)OP(=O)(O)Oc1ccccc1C2.[Na]. The van der Waals surface area contributed by atoms with E-state index in [1.54, 1.807) is 6.07 Å². The molecule has 0 aromatic heterocycles. The minimum atomic E-state index is -4.42. The maximum absolute atomic E-state index is 13.3. The summed E-state index contributed by atoms with van der Waals surface area (Å²) in [6.07, 6.45) is 0.564. The molecular weight excluding hydrogens is 466 g/mol. The van der Waals surface area contributed by atoms with Gasteiger partial charge in [-0.2, -0.15) is 0 Å². The predicted octanol–water partition coefficient (Wildman–Crippen LogP) is 7.96. The smallest absolute Gasteiger partial charge is 0.395 e. The van der Waals surface area contributed by atoms with Crippen LogP contribution in [-0.4, -0.2) is 34.5 Å². The van der Waals surface area contributed by atoms with Gasteiger partial charge in [-0.3, -0.25) is 4.89 Å². The molecule has 1 N–H and O–H groups in total. The second kappa shape index (κ2) is 9.52. The number of rotatable bonds is 0. The fraction of sp³-hybridized carbons (Fsp3) is 0.586. The number of phosphoric ester groups is 1. The van der Waals surface area contributed by atoms with Gasteiger partial charge in [-0.1, -0.05) is 101 Å². The molecule has 2 aromatic rings. The Hall–Kier alpha value is -0.770. The fourth-order valence-electron chi connectivity index (χ4n) is 5.28. The molecule has 1 unspecified atom stereocenters. The number of benzene rings is 2. The van der Waals surface area contributed by atoms with E-state index in [-0.39, 0.29) is 51.2 Å². The Balaban J connectivity index is 0.00000432. The predicted molar refractivity (Wildman–Crippen MR) is 147 cm³/mol. The average molecular weight is 510 g/mol. The standard InChI is InChI=1S/C29H43O4P.Na/c1-26(2,3)21-19-17-18-15-13-14-16-20(18)32-34(30,31)33-25(19)24(29(10,11)12)23(28(7,8)9)22(21)27(4,5)6;/h13-16H,17H2,1-12H3,(H,30,31);. The van der Waals surface area contributed by atoms with Gasteiger partial charge in [0.2, 0.25) is 0 Å². The maximum atomic E-state index is 13.3. The summed E-state index contributed by atoms with van der Waals surface area (Å²) >= 11 is 0. The first-order valence-electron chi connectivity index (χ1n) is 12.2. The van der Waals surface area contributed by atoms with Crippen molar-refractivity contribution in [1.82, 2.24) is 0 Å². The molecule has 1 aliphatic rings. The maximum Gasteiger partial charge on any atom is 0.584 e. The monoisotopic (exact) mass is 509 g/mol. The molecule has 1 radical (unpaired) electrons. The molecule has 189 valence electrons. The van der Waals surface area contributed by atoms with Crippen LogP contribution in [0.2, 0.25) is 0 Å².